The number of rotatable bonds is 6. The first-order valence-corrected chi connectivity index (χ1v) is 10.8. The molecule has 0 spiro atoms. The summed E-state index contributed by atoms with van der Waals surface area (Å²) in [6.45, 7) is 3.25. The van der Waals surface area contributed by atoms with Crippen LogP contribution in [-0.4, -0.2) is 22.1 Å². The number of benzene rings is 2. The van der Waals surface area contributed by atoms with Crippen LogP contribution >= 0.6 is 0 Å². The summed E-state index contributed by atoms with van der Waals surface area (Å²) >= 11 is 0. The van der Waals surface area contributed by atoms with Gasteiger partial charge in [-0.25, -0.2) is 0 Å². The van der Waals surface area contributed by atoms with Crippen LogP contribution in [0.2, 0.25) is 0 Å². The molecule has 0 saturated carbocycles. The number of nitrogens with zero attached hydrogens (tertiary/aromatic N) is 1. The topological polar surface area (TPSA) is 23.5 Å². The zero-order chi connectivity index (χ0) is 18.7. The number of aryl methyl sites for hydroxylation is 1. The summed E-state index contributed by atoms with van der Waals surface area (Å²) in [5.41, 5.74) is 3.25. The van der Waals surface area contributed by atoms with Gasteiger partial charge < -0.3 is 5.11 Å². The Morgan fingerprint density at radius 2 is 1.59 bits per heavy atom. The maximum atomic E-state index is 11.6. The molecule has 2 aromatic rings. The second-order valence-corrected chi connectivity index (χ2v) is 8.64. The van der Waals surface area contributed by atoms with Gasteiger partial charge in [0.1, 0.15) is 0 Å². The molecular formula is C25H33NO. The van der Waals surface area contributed by atoms with Gasteiger partial charge in [0.05, 0.1) is 5.60 Å². The van der Waals surface area contributed by atoms with Crippen molar-refractivity contribution in [1.82, 2.24) is 4.90 Å². The second kappa shape index (κ2) is 8.16. The minimum atomic E-state index is -0.660. The zero-order valence-electron chi connectivity index (χ0n) is 16.6. The van der Waals surface area contributed by atoms with Crippen LogP contribution in [0.15, 0.2) is 54.6 Å². The molecule has 2 atom stereocenters. The van der Waals surface area contributed by atoms with Gasteiger partial charge in [-0.3, -0.25) is 4.90 Å². The van der Waals surface area contributed by atoms with Gasteiger partial charge >= 0.3 is 0 Å². The van der Waals surface area contributed by atoms with Gasteiger partial charge in [0.25, 0.3) is 0 Å². The van der Waals surface area contributed by atoms with Crippen molar-refractivity contribution < 1.29 is 5.11 Å². The molecule has 2 heterocycles. The largest absolute Gasteiger partial charge is 0.385 e. The van der Waals surface area contributed by atoms with Crippen molar-refractivity contribution in [3.63, 3.8) is 0 Å². The Balaban J connectivity index is 1.50. The summed E-state index contributed by atoms with van der Waals surface area (Å²) in [7, 11) is 0. The van der Waals surface area contributed by atoms with E-state index < -0.39 is 5.60 Å². The number of hydrogen-bond acceptors (Lipinski definition) is 2. The van der Waals surface area contributed by atoms with E-state index in [2.05, 4.69) is 66.4 Å². The minimum Gasteiger partial charge on any atom is -0.385 e. The molecule has 2 nitrogen and oxygen atoms in total. The quantitative estimate of drug-likeness (QED) is 0.739. The summed E-state index contributed by atoms with van der Waals surface area (Å²) in [5.74, 6) is 0. The van der Waals surface area contributed by atoms with E-state index in [-0.39, 0.29) is 0 Å². The van der Waals surface area contributed by atoms with Crippen molar-refractivity contribution in [3.05, 3.63) is 71.3 Å². The summed E-state index contributed by atoms with van der Waals surface area (Å²) in [4.78, 5) is 2.67. The van der Waals surface area contributed by atoms with Crippen molar-refractivity contribution in [1.29, 1.82) is 0 Å². The lowest BCUT2D eigenvalue weighted by Gasteiger charge is -2.52. The molecule has 27 heavy (non-hydrogen) atoms. The second-order valence-electron chi connectivity index (χ2n) is 8.64. The van der Waals surface area contributed by atoms with E-state index in [1.165, 1.54) is 43.2 Å². The fraction of sp³-hybridized carbons (Fsp3) is 0.520. The van der Waals surface area contributed by atoms with Crippen molar-refractivity contribution in [2.75, 3.05) is 0 Å². The van der Waals surface area contributed by atoms with Gasteiger partial charge in [0.2, 0.25) is 0 Å². The van der Waals surface area contributed by atoms with E-state index in [9.17, 15) is 5.11 Å². The van der Waals surface area contributed by atoms with Crippen LogP contribution in [0.3, 0.4) is 0 Å². The van der Waals surface area contributed by atoms with Crippen LogP contribution in [0.25, 0.3) is 0 Å². The number of unbranched alkanes of at least 4 members (excludes halogenated alkanes) is 1. The van der Waals surface area contributed by atoms with Crippen LogP contribution in [0.4, 0.5) is 0 Å². The molecule has 2 unspecified atom stereocenters. The van der Waals surface area contributed by atoms with Gasteiger partial charge in [-0.15, -0.1) is 0 Å². The Kier molecular flexibility index (Phi) is 5.66. The highest BCUT2D eigenvalue weighted by Gasteiger charge is 2.46. The van der Waals surface area contributed by atoms with Gasteiger partial charge in [-0.05, 0) is 55.2 Å². The zero-order valence-corrected chi connectivity index (χ0v) is 16.6. The molecule has 2 saturated heterocycles. The lowest BCUT2D eigenvalue weighted by molar-refractivity contribution is -0.0999. The first-order chi connectivity index (χ1) is 13.2. The monoisotopic (exact) mass is 363 g/mol. The van der Waals surface area contributed by atoms with Gasteiger partial charge in [-0.1, -0.05) is 74.4 Å². The third kappa shape index (κ3) is 4.12. The average Bonchev–Trinajstić information content (AvgIpc) is 2.68. The van der Waals surface area contributed by atoms with Crippen molar-refractivity contribution in [2.24, 2.45) is 0 Å². The SMILES string of the molecule is CCCCc1ccc(C2(O)CC3CCCC(C2)N3Cc2ccccc2)cc1. The van der Waals surface area contributed by atoms with Crippen molar-refractivity contribution in [2.45, 2.75) is 82.5 Å². The van der Waals surface area contributed by atoms with E-state index in [0.29, 0.717) is 12.1 Å². The number of hydrogen-bond donors (Lipinski definition) is 1. The summed E-state index contributed by atoms with van der Waals surface area (Å²) in [5, 5.41) is 11.6. The molecule has 2 heteroatoms. The first-order valence-electron chi connectivity index (χ1n) is 10.8. The Labute approximate surface area is 164 Å². The van der Waals surface area contributed by atoms with Crippen LogP contribution in [-0.2, 0) is 18.6 Å². The Morgan fingerprint density at radius 3 is 2.22 bits per heavy atom. The maximum absolute atomic E-state index is 11.6. The molecular weight excluding hydrogens is 330 g/mol. The minimum absolute atomic E-state index is 0.488. The molecule has 0 amide bonds. The molecule has 0 aromatic heterocycles. The van der Waals surface area contributed by atoms with E-state index in [0.717, 1.165) is 31.4 Å². The van der Waals surface area contributed by atoms with Crippen LogP contribution < -0.4 is 0 Å². The maximum Gasteiger partial charge on any atom is 0.0926 e. The highest BCUT2D eigenvalue weighted by Crippen LogP contribution is 2.44. The predicted molar refractivity (Wildman–Crippen MR) is 112 cm³/mol. The third-order valence-corrected chi connectivity index (χ3v) is 6.68. The normalized spacial score (nSPS) is 28.2. The fourth-order valence-electron chi connectivity index (χ4n) is 5.17. The Morgan fingerprint density at radius 1 is 0.926 bits per heavy atom. The molecule has 0 radical (unpaired) electrons. The molecule has 4 rings (SSSR count). The lowest BCUT2D eigenvalue weighted by atomic mass is 9.72. The average molecular weight is 364 g/mol. The number of aliphatic hydroxyl groups is 1. The van der Waals surface area contributed by atoms with Crippen LogP contribution in [0.5, 0.6) is 0 Å². The third-order valence-electron chi connectivity index (χ3n) is 6.68. The molecule has 1 N–H and O–H groups in total. The van der Waals surface area contributed by atoms with Crippen molar-refractivity contribution in [3.8, 4) is 0 Å². The molecule has 144 valence electrons. The van der Waals surface area contributed by atoms with Gasteiger partial charge in [-0.2, -0.15) is 0 Å². The van der Waals surface area contributed by atoms with Crippen molar-refractivity contribution >= 4 is 0 Å². The van der Waals surface area contributed by atoms with E-state index in [4.69, 9.17) is 0 Å². The molecule has 2 aliphatic heterocycles. The number of piperidine rings is 2. The molecule has 0 aliphatic carbocycles. The van der Waals surface area contributed by atoms with E-state index in [1.807, 2.05) is 0 Å². The van der Waals surface area contributed by atoms with Gasteiger partial charge in [0.15, 0.2) is 0 Å². The highest BCUT2D eigenvalue weighted by atomic mass is 16.3. The summed E-state index contributed by atoms with van der Waals surface area (Å²) in [6.07, 6.45) is 9.06. The number of fused-ring (bicyclic) bond motifs is 2. The molecule has 2 bridgehead atoms. The Bertz CT molecular complexity index is 710. The van der Waals surface area contributed by atoms with Crippen LogP contribution in [0, 0.1) is 0 Å². The van der Waals surface area contributed by atoms with E-state index >= 15 is 0 Å². The fourth-order valence-corrected chi connectivity index (χ4v) is 5.17. The molecule has 2 aliphatic rings. The lowest BCUT2D eigenvalue weighted by Crippen LogP contribution is -2.56. The van der Waals surface area contributed by atoms with Crippen LogP contribution in [0.1, 0.15) is 68.6 Å². The van der Waals surface area contributed by atoms with E-state index in [1.54, 1.807) is 0 Å². The molecule has 2 fully saturated rings. The first kappa shape index (κ1) is 18.7. The van der Waals surface area contributed by atoms with Gasteiger partial charge in [0, 0.05) is 18.6 Å². The standard InChI is InChI=1S/C25H33NO/c1-2-3-8-20-13-15-22(16-14-20)25(27)17-23-11-7-12-24(18-25)26(23)19-21-9-5-4-6-10-21/h4-6,9-10,13-16,23-24,27H,2-3,7-8,11-12,17-19H2,1H3. The Hall–Kier alpha value is -1.64. The highest BCUT2D eigenvalue weighted by molar-refractivity contribution is 5.29. The summed E-state index contributed by atoms with van der Waals surface area (Å²) in [6, 6.07) is 20.6. The smallest absolute Gasteiger partial charge is 0.0926 e. The predicted octanol–water partition coefficient (Wildman–Crippen LogP) is 5.43. The summed E-state index contributed by atoms with van der Waals surface area (Å²) < 4.78 is 0. The molecule has 2 aromatic carbocycles.